The van der Waals surface area contributed by atoms with Crippen molar-refractivity contribution in [2.45, 2.75) is 25.9 Å². The molecule has 2 aromatic carbocycles. The Kier molecular flexibility index (Phi) is 8.50. The van der Waals surface area contributed by atoms with Crippen LogP contribution < -0.4 is 20.9 Å². The van der Waals surface area contributed by atoms with E-state index < -0.39 is 0 Å². The number of benzene rings is 2. The van der Waals surface area contributed by atoms with Gasteiger partial charge in [0.1, 0.15) is 0 Å². The molecule has 7 heteroatoms. The van der Waals surface area contributed by atoms with Crippen molar-refractivity contribution in [2.24, 2.45) is 4.99 Å². The number of carbonyl (C=O) groups excluding carboxylic acids is 1. The molecule has 2 aromatic rings. The molecule has 1 aliphatic heterocycles. The molecule has 0 aromatic heterocycles. The van der Waals surface area contributed by atoms with E-state index in [2.05, 4.69) is 57.0 Å². The van der Waals surface area contributed by atoms with Gasteiger partial charge >= 0.3 is 0 Å². The second kappa shape index (κ2) is 11.5. The summed E-state index contributed by atoms with van der Waals surface area (Å²) < 4.78 is 0. The minimum atomic E-state index is -0.0432. The van der Waals surface area contributed by atoms with E-state index in [1.807, 2.05) is 43.3 Å². The van der Waals surface area contributed by atoms with E-state index >= 15 is 0 Å². The first kappa shape index (κ1) is 23.6. The maximum Gasteiger partial charge on any atom is 0.251 e. The zero-order valence-corrected chi connectivity index (χ0v) is 19.7. The Morgan fingerprint density at radius 3 is 2.66 bits per heavy atom. The van der Waals surface area contributed by atoms with Crippen molar-refractivity contribution in [1.82, 2.24) is 20.9 Å². The van der Waals surface area contributed by atoms with E-state index in [4.69, 9.17) is 0 Å². The molecule has 1 unspecified atom stereocenters. The molecule has 0 radical (unpaired) electrons. The maximum absolute atomic E-state index is 12.4. The van der Waals surface area contributed by atoms with E-state index in [0.717, 1.165) is 37.6 Å². The van der Waals surface area contributed by atoms with E-state index in [0.29, 0.717) is 24.7 Å². The largest absolute Gasteiger partial charge is 0.369 e. The number of aryl methyl sites for hydroxylation is 1. The fraction of sp³-hybridized carbons (Fsp3) is 0.440. The Balaban J connectivity index is 1.48. The van der Waals surface area contributed by atoms with Crippen molar-refractivity contribution in [3.8, 4) is 0 Å². The number of guanidine groups is 1. The number of aliphatic imine (C=N–C) groups is 1. The van der Waals surface area contributed by atoms with Gasteiger partial charge in [0.2, 0.25) is 0 Å². The molecule has 0 spiro atoms. The van der Waals surface area contributed by atoms with Crippen LogP contribution in [-0.2, 0) is 6.54 Å². The van der Waals surface area contributed by atoms with Crippen LogP contribution in [0.15, 0.2) is 53.5 Å². The van der Waals surface area contributed by atoms with E-state index in [1.54, 1.807) is 7.05 Å². The summed E-state index contributed by atoms with van der Waals surface area (Å²) in [6, 6.07) is 16.8. The summed E-state index contributed by atoms with van der Waals surface area (Å²) in [6.07, 6.45) is 1.07. The second-order valence-electron chi connectivity index (χ2n) is 8.60. The van der Waals surface area contributed by atoms with Crippen molar-refractivity contribution < 1.29 is 4.79 Å². The average Bonchev–Trinajstić information content (AvgIpc) is 3.25. The summed E-state index contributed by atoms with van der Waals surface area (Å²) in [5, 5.41) is 9.88. The van der Waals surface area contributed by atoms with Gasteiger partial charge in [-0.1, -0.05) is 29.8 Å². The maximum atomic E-state index is 12.4. The molecule has 0 saturated carbocycles. The van der Waals surface area contributed by atoms with Gasteiger partial charge in [0.25, 0.3) is 5.91 Å². The number of anilines is 1. The third kappa shape index (κ3) is 6.99. The summed E-state index contributed by atoms with van der Waals surface area (Å²) >= 11 is 0. The minimum Gasteiger partial charge on any atom is -0.369 e. The predicted octanol–water partition coefficient (Wildman–Crippen LogP) is 2.23. The fourth-order valence-electron chi connectivity index (χ4n) is 3.76. The van der Waals surface area contributed by atoms with Gasteiger partial charge in [-0.2, -0.15) is 0 Å². The third-order valence-corrected chi connectivity index (χ3v) is 5.65. The lowest BCUT2D eigenvalue weighted by molar-refractivity contribution is 0.0951. The van der Waals surface area contributed by atoms with Crippen LogP contribution in [0.2, 0.25) is 0 Å². The Labute approximate surface area is 191 Å². The molecule has 0 aliphatic carbocycles. The standard InChI is InChI=1S/C25H36N6O/c1-19-8-10-23(11-9-19)31-14-12-22(18-31)29-25(26-2)28-17-20-6-5-7-21(16-20)24(32)27-13-15-30(3)4/h5-11,16,22H,12-15,17-18H2,1-4H3,(H,27,32)(H2,26,28,29). The molecule has 3 N–H and O–H groups in total. The quantitative estimate of drug-likeness (QED) is 0.437. The highest BCUT2D eigenvalue weighted by atomic mass is 16.1. The molecule has 7 nitrogen and oxygen atoms in total. The van der Waals surface area contributed by atoms with Crippen LogP contribution in [0.1, 0.15) is 27.9 Å². The van der Waals surface area contributed by atoms with Gasteiger partial charge in [0, 0.05) is 57.1 Å². The molecule has 1 heterocycles. The van der Waals surface area contributed by atoms with E-state index in [1.165, 1.54) is 11.3 Å². The van der Waals surface area contributed by atoms with Gasteiger partial charge in [-0.05, 0) is 57.3 Å². The number of carbonyl (C=O) groups is 1. The molecule has 32 heavy (non-hydrogen) atoms. The van der Waals surface area contributed by atoms with Crippen LogP contribution in [0, 0.1) is 6.92 Å². The lowest BCUT2D eigenvalue weighted by Crippen LogP contribution is -2.44. The number of amides is 1. The smallest absolute Gasteiger partial charge is 0.251 e. The van der Waals surface area contributed by atoms with Gasteiger partial charge in [0.05, 0.1) is 0 Å². The summed E-state index contributed by atoms with van der Waals surface area (Å²) in [6.45, 7) is 6.15. The Bertz CT molecular complexity index is 909. The molecule has 0 bridgehead atoms. The zero-order valence-electron chi connectivity index (χ0n) is 19.7. The Hall–Kier alpha value is -3.06. The highest BCUT2D eigenvalue weighted by Gasteiger charge is 2.23. The number of nitrogens with zero attached hydrogens (tertiary/aromatic N) is 3. The first-order valence-electron chi connectivity index (χ1n) is 11.3. The van der Waals surface area contributed by atoms with Gasteiger partial charge in [-0.25, -0.2) is 0 Å². The Morgan fingerprint density at radius 1 is 1.16 bits per heavy atom. The topological polar surface area (TPSA) is 72.0 Å². The predicted molar refractivity (Wildman–Crippen MR) is 132 cm³/mol. The van der Waals surface area contributed by atoms with Gasteiger partial charge < -0.3 is 25.8 Å². The number of nitrogens with one attached hydrogen (secondary N) is 3. The minimum absolute atomic E-state index is 0.0432. The fourth-order valence-corrected chi connectivity index (χ4v) is 3.76. The molecular weight excluding hydrogens is 400 g/mol. The molecular formula is C25H36N6O. The van der Waals surface area contributed by atoms with Crippen LogP contribution in [0.4, 0.5) is 5.69 Å². The van der Waals surface area contributed by atoms with Crippen molar-refractivity contribution in [2.75, 3.05) is 52.2 Å². The van der Waals surface area contributed by atoms with E-state index in [-0.39, 0.29) is 5.91 Å². The Morgan fingerprint density at radius 2 is 1.94 bits per heavy atom. The van der Waals surface area contributed by atoms with E-state index in [9.17, 15) is 4.79 Å². The zero-order chi connectivity index (χ0) is 22.9. The summed E-state index contributed by atoms with van der Waals surface area (Å²) in [7, 11) is 5.77. The second-order valence-corrected chi connectivity index (χ2v) is 8.60. The van der Waals surface area contributed by atoms with Gasteiger partial charge in [-0.3, -0.25) is 9.79 Å². The molecule has 1 fully saturated rings. The van der Waals surface area contributed by atoms with Gasteiger partial charge in [-0.15, -0.1) is 0 Å². The monoisotopic (exact) mass is 436 g/mol. The lowest BCUT2D eigenvalue weighted by atomic mass is 10.1. The average molecular weight is 437 g/mol. The van der Waals surface area contributed by atoms with Crippen molar-refractivity contribution in [3.05, 3.63) is 65.2 Å². The van der Waals surface area contributed by atoms with Crippen LogP contribution >= 0.6 is 0 Å². The van der Waals surface area contributed by atoms with Crippen molar-refractivity contribution in [3.63, 3.8) is 0 Å². The molecule has 1 aliphatic rings. The molecule has 3 rings (SSSR count). The number of likely N-dealkylation sites (N-methyl/N-ethyl adjacent to an activating group) is 1. The normalized spacial score (nSPS) is 16.3. The molecule has 1 amide bonds. The first-order valence-corrected chi connectivity index (χ1v) is 11.3. The highest BCUT2D eigenvalue weighted by Crippen LogP contribution is 2.20. The third-order valence-electron chi connectivity index (χ3n) is 5.65. The summed E-state index contributed by atoms with van der Waals surface area (Å²) in [5.74, 6) is 0.736. The first-order chi connectivity index (χ1) is 15.4. The lowest BCUT2D eigenvalue weighted by Gasteiger charge is -2.20. The number of hydrogen-bond acceptors (Lipinski definition) is 4. The number of rotatable bonds is 8. The molecule has 1 atom stereocenters. The van der Waals surface area contributed by atoms with Crippen LogP contribution in [0.25, 0.3) is 0 Å². The van der Waals surface area contributed by atoms with Crippen LogP contribution in [0.3, 0.4) is 0 Å². The van der Waals surface area contributed by atoms with Crippen molar-refractivity contribution >= 4 is 17.6 Å². The summed E-state index contributed by atoms with van der Waals surface area (Å²) in [5.41, 5.74) is 4.27. The SMILES string of the molecule is CN=C(NCc1cccc(C(=O)NCCN(C)C)c1)NC1CCN(c2ccc(C)cc2)C1. The van der Waals surface area contributed by atoms with Crippen LogP contribution in [0.5, 0.6) is 0 Å². The molecule has 172 valence electrons. The highest BCUT2D eigenvalue weighted by molar-refractivity contribution is 5.94. The van der Waals surface area contributed by atoms with Crippen molar-refractivity contribution in [1.29, 1.82) is 0 Å². The van der Waals surface area contributed by atoms with Gasteiger partial charge in [0.15, 0.2) is 5.96 Å². The molecule has 1 saturated heterocycles. The summed E-state index contributed by atoms with van der Waals surface area (Å²) in [4.78, 5) is 21.2. The van der Waals surface area contributed by atoms with Crippen LogP contribution in [-0.4, -0.2) is 70.1 Å². The number of hydrogen-bond donors (Lipinski definition) is 3.